The molecule has 1 saturated heterocycles. The zero-order valence-corrected chi connectivity index (χ0v) is 16.4. The molecule has 3 rings (SSSR count). The van der Waals surface area contributed by atoms with Crippen LogP contribution in [0.15, 0.2) is 34.9 Å². The number of halogens is 3. The van der Waals surface area contributed by atoms with E-state index in [0.717, 1.165) is 12.1 Å². The number of nitrogens with zero attached hydrogens (tertiary/aromatic N) is 3. The van der Waals surface area contributed by atoms with Crippen LogP contribution in [0.1, 0.15) is 21.7 Å². The van der Waals surface area contributed by atoms with Crippen molar-refractivity contribution in [3.8, 4) is 0 Å². The number of benzene rings is 1. The number of aryl methyl sites for hydroxylation is 1. The zero-order valence-electron chi connectivity index (χ0n) is 16.4. The van der Waals surface area contributed by atoms with Crippen molar-refractivity contribution in [2.45, 2.75) is 13.1 Å². The Morgan fingerprint density at radius 1 is 1.19 bits per heavy atom. The summed E-state index contributed by atoms with van der Waals surface area (Å²) in [6, 6.07) is 3.88. The third-order valence-electron chi connectivity index (χ3n) is 4.98. The number of hydrogen-bond donors (Lipinski definition) is 1. The number of anilines is 1. The summed E-state index contributed by atoms with van der Waals surface area (Å²) < 4.78 is 43.7. The average molecular weight is 440 g/mol. The molecule has 0 unspecified atom stereocenters. The predicted molar refractivity (Wildman–Crippen MR) is 103 cm³/mol. The van der Waals surface area contributed by atoms with Gasteiger partial charge in [0, 0.05) is 32.2 Å². The summed E-state index contributed by atoms with van der Waals surface area (Å²) in [4.78, 5) is 37.9. The largest absolute Gasteiger partial charge is 0.469 e. The summed E-state index contributed by atoms with van der Waals surface area (Å²) in [6.45, 7) is 2.20. The lowest BCUT2D eigenvalue weighted by Crippen LogP contribution is -2.51. The summed E-state index contributed by atoms with van der Waals surface area (Å²) in [7, 11) is 0. The number of carbonyl (C=O) groups excluding carboxylic acids is 2. The minimum atomic E-state index is -4.69. The molecule has 0 atom stereocenters. The van der Waals surface area contributed by atoms with Gasteiger partial charge in [0.15, 0.2) is 0 Å². The van der Waals surface area contributed by atoms with Crippen LogP contribution >= 0.6 is 0 Å². The van der Waals surface area contributed by atoms with Gasteiger partial charge in [-0.1, -0.05) is 0 Å². The lowest BCUT2D eigenvalue weighted by molar-refractivity contribution is -0.384. The first kappa shape index (κ1) is 22.1. The Morgan fingerprint density at radius 2 is 1.87 bits per heavy atom. The van der Waals surface area contributed by atoms with E-state index in [-0.39, 0.29) is 44.3 Å². The van der Waals surface area contributed by atoms with Crippen LogP contribution in [0.3, 0.4) is 0 Å². The number of furan rings is 1. The Morgan fingerprint density at radius 3 is 2.42 bits per heavy atom. The van der Waals surface area contributed by atoms with Gasteiger partial charge in [-0.3, -0.25) is 19.7 Å². The summed E-state index contributed by atoms with van der Waals surface area (Å²) in [5.41, 5.74) is -1.35. The fourth-order valence-corrected chi connectivity index (χ4v) is 3.29. The molecule has 0 bridgehead atoms. The van der Waals surface area contributed by atoms with E-state index in [4.69, 9.17) is 4.42 Å². The molecular weight excluding hydrogens is 421 g/mol. The maximum Gasteiger partial charge on any atom is 0.416 e. The second-order valence-electron chi connectivity index (χ2n) is 6.90. The predicted octanol–water partition coefficient (Wildman–Crippen LogP) is 2.59. The van der Waals surface area contributed by atoms with Gasteiger partial charge < -0.3 is 19.5 Å². The van der Waals surface area contributed by atoms with E-state index < -0.39 is 28.3 Å². The Hall–Kier alpha value is -3.57. The molecule has 2 heterocycles. The van der Waals surface area contributed by atoms with E-state index in [1.165, 1.54) is 17.2 Å². The van der Waals surface area contributed by atoms with Crippen molar-refractivity contribution in [1.29, 1.82) is 0 Å². The molecular formula is C19H19F3N4O5. The fourth-order valence-electron chi connectivity index (χ4n) is 3.29. The quantitative estimate of drug-likeness (QED) is 0.566. The van der Waals surface area contributed by atoms with Crippen molar-refractivity contribution in [2.75, 3.05) is 37.6 Å². The van der Waals surface area contributed by atoms with Crippen molar-refractivity contribution in [1.82, 2.24) is 10.2 Å². The lowest BCUT2D eigenvalue weighted by atomic mass is 10.1. The second-order valence-corrected chi connectivity index (χ2v) is 6.90. The normalized spacial score (nSPS) is 14.5. The van der Waals surface area contributed by atoms with Crippen molar-refractivity contribution in [3.63, 3.8) is 0 Å². The molecule has 2 aromatic rings. The summed E-state index contributed by atoms with van der Waals surface area (Å²) in [5.74, 6) is -0.355. The maximum atomic E-state index is 12.9. The number of alkyl halides is 3. The molecule has 0 aliphatic carbocycles. The topological polar surface area (TPSA) is 109 Å². The van der Waals surface area contributed by atoms with E-state index in [2.05, 4.69) is 5.32 Å². The van der Waals surface area contributed by atoms with Crippen LogP contribution in [0.2, 0.25) is 0 Å². The van der Waals surface area contributed by atoms with Gasteiger partial charge >= 0.3 is 6.18 Å². The van der Waals surface area contributed by atoms with Gasteiger partial charge in [-0.15, -0.1) is 0 Å². The molecule has 166 valence electrons. The Bertz CT molecular complexity index is 997. The van der Waals surface area contributed by atoms with Crippen molar-refractivity contribution in [3.05, 3.63) is 57.5 Å². The Kier molecular flexibility index (Phi) is 6.18. The fraction of sp³-hybridized carbons (Fsp3) is 0.368. The molecule has 0 spiro atoms. The third-order valence-corrected chi connectivity index (χ3v) is 4.98. The van der Waals surface area contributed by atoms with Crippen LogP contribution in [0.25, 0.3) is 0 Å². The molecule has 31 heavy (non-hydrogen) atoms. The molecule has 0 radical (unpaired) electrons. The Labute approximate surface area is 174 Å². The van der Waals surface area contributed by atoms with Gasteiger partial charge in [-0.2, -0.15) is 13.2 Å². The number of nitro groups is 1. The third kappa shape index (κ3) is 4.95. The molecule has 1 N–H and O–H groups in total. The number of rotatable bonds is 5. The summed E-state index contributed by atoms with van der Waals surface area (Å²) in [6.07, 6.45) is -3.32. The van der Waals surface area contributed by atoms with Crippen LogP contribution in [-0.4, -0.2) is 54.4 Å². The average Bonchev–Trinajstić information content (AvgIpc) is 3.16. The summed E-state index contributed by atoms with van der Waals surface area (Å²) in [5, 5.41) is 13.8. The molecule has 2 amide bonds. The van der Waals surface area contributed by atoms with Crippen LogP contribution in [0, 0.1) is 17.0 Å². The highest BCUT2D eigenvalue weighted by atomic mass is 19.4. The minimum absolute atomic E-state index is 0.0637. The molecule has 1 aliphatic heterocycles. The van der Waals surface area contributed by atoms with Gasteiger partial charge in [-0.05, 0) is 25.1 Å². The van der Waals surface area contributed by atoms with Crippen LogP contribution < -0.4 is 10.2 Å². The number of hydrogen-bond acceptors (Lipinski definition) is 6. The molecule has 1 aliphatic rings. The van der Waals surface area contributed by atoms with Gasteiger partial charge in [0.1, 0.15) is 11.4 Å². The lowest BCUT2D eigenvalue weighted by Gasteiger charge is -2.36. The maximum absolute atomic E-state index is 12.9. The highest BCUT2D eigenvalue weighted by Crippen LogP contribution is 2.36. The minimum Gasteiger partial charge on any atom is -0.469 e. The molecule has 1 aromatic heterocycles. The first-order valence-electron chi connectivity index (χ1n) is 9.28. The van der Waals surface area contributed by atoms with Gasteiger partial charge in [0.25, 0.3) is 11.6 Å². The van der Waals surface area contributed by atoms with Crippen LogP contribution in [0.5, 0.6) is 0 Å². The SMILES string of the molecule is Cc1occc1C(=O)NCC(=O)N1CCN(c2ccc(C(F)(F)F)cc2[N+](=O)[O-])CC1. The van der Waals surface area contributed by atoms with Crippen molar-refractivity contribution >= 4 is 23.2 Å². The van der Waals surface area contributed by atoms with E-state index in [1.54, 1.807) is 11.8 Å². The first-order valence-corrected chi connectivity index (χ1v) is 9.28. The number of nitro benzene ring substituents is 1. The molecule has 9 nitrogen and oxygen atoms in total. The van der Waals surface area contributed by atoms with Gasteiger partial charge in [0.2, 0.25) is 5.91 Å². The summed E-state index contributed by atoms with van der Waals surface area (Å²) >= 11 is 0. The number of amides is 2. The molecule has 1 aromatic carbocycles. The number of piperazine rings is 1. The Balaban J connectivity index is 1.60. The smallest absolute Gasteiger partial charge is 0.416 e. The van der Waals surface area contributed by atoms with Crippen LogP contribution in [-0.2, 0) is 11.0 Å². The second kappa shape index (κ2) is 8.66. The monoisotopic (exact) mass is 440 g/mol. The van der Waals surface area contributed by atoms with E-state index in [9.17, 15) is 32.9 Å². The highest BCUT2D eigenvalue weighted by Gasteiger charge is 2.34. The number of nitrogens with one attached hydrogen (secondary N) is 1. The highest BCUT2D eigenvalue weighted by molar-refractivity contribution is 5.97. The van der Waals surface area contributed by atoms with E-state index in [1.807, 2.05) is 0 Å². The van der Waals surface area contributed by atoms with Crippen LogP contribution in [0.4, 0.5) is 24.5 Å². The van der Waals surface area contributed by atoms with Gasteiger partial charge in [0.05, 0.1) is 28.9 Å². The molecule has 0 saturated carbocycles. The van der Waals surface area contributed by atoms with Crippen molar-refractivity contribution < 1.29 is 32.1 Å². The van der Waals surface area contributed by atoms with E-state index in [0.29, 0.717) is 17.4 Å². The molecule has 1 fully saturated rings. The standard InChI is InChI=1S/C19H19F3N4O5/c1-12-14(4-9-31-12)18(28)23-11-17(27)25-7-5-24(6-8-25)15-3-2-13(19(20,21)22)10-16(15)26(29)30/h2-4,9-10H,5-8,11H2,1H3,(H,23,28). The van der Waals surface area contributed by atoms with E-state index >= 15 is 0 Å². The van der Waals surface area contributed by atoms with Gasteiger partial charge in [-0.25, -0.2) is 0 Å². The first-order chi connectivity index (χ1) is 14.6. The zero-order chi connectivity index (χ0) is 22.8. The number of carbonyl (C=O) groups is 2. The molecule has 12 heteroatoms. The van der Waals surface area contributed by atoms with Crippen molar-refractivity contribution in [2.24, 2.45) is 0 Å².